The summed E-state index contributed by atoms with van der Waals surface area (Å²) in [4.78, 5) is 12.0. The molecule has 1 amide bonds. The largest absolute Gasteiger partial charge is 0.356 e. The van der Waals surface area contributed by atoms with Crippen molar-refractivity contribution >= 4 is 23.0 Å². The molecule has 0 aliphatic heterocycles. The lowest BCUT2D eigenvalue weighted by Gasteiger charge is -2.08. The molecule has 110 valence electrons. The van der Waals surface area contributed by atoms with E-state index in [1.165, 1.54) is 4.68 Å². The van der Waals surface area contributed by atoms with Crippen molar-refractivity contribution < 1.29 is 4.79 Å². The number of aromatic nitrogens is 3. The average molecular weight is 293 g/mol. The van der Waals surface area contributed by atoms with E-state index in [2.05, 4.69) is 20.9 Å². The van der Waals surface area contributed by atoms with Crippen LogP contribution >= 0.6 is 0 Å². The number of nitrogens with zero attached hydrogens (tertiary/aromatic N) is 3. The van der Waals surface area contributed by atoms with Crippen LogP contribution in [0.3, 0.4) is 0 Å². The average Bonchev–Trinajstić information content (AvgIpc) is 2.97. The van der Waals surface area contributed by atoms with Crippen LogP contribution in [0.25, 0.3) is 0 Å². The second-order valence-corrected chi connectivity index (χ2v) is 4.80. The van der Waals surface area contributed by atoms with Crippen LogP contribution < -0.4 is 10.6 Å². The molecule has 6 nitrogen and oxygen atoms in total. The second kappa shape index (κ2) is 6.09. The van der Waals surface area contributed by atoms with Gasteiger partial charge in [-0.1, -0.05) is 23.4 Å². The summed E-state index contributed by atoms with van der Waals surface area (Å²) in [6.07, 6.45) is 1.57. The number of hydrogen-bond donors (Lipinski definition) is 2. The third-order valence-corrected chi connectivity index (χ3v) is 3.04. The summed E-state index contributed by atoms with van der Waals surface area (Å²) in [7, 11) is 1.72. The molecule has 0 aliphatic rings. The SMILES string of the molecule is Cn1cc(C(=O)Nc2ccc(Nc3ccccc3)cc2)nn1. The van der Waals surface area contributed by atoms with Crippen molar-refractivity contribution in [2.75, 3.05) is 10.6 Å². The maximum Gasteiger partial charge on any atom is 0.277 e. The smallest absolute Gasteiger partial charge is 0.277 e. The summed E-state index contributed by atoms with van der Waals surface area (Å²) in [6, 6.07) is 17.4. The molecular weight excluding hydrogens is 278 g/mol. The minimum atomic E-state index is -0.281. The first-order valence-electron chi connectivity index (χ1n) is 6.80. The van der Waals surface area contributed by atoms with Crippen LogP contribution in [0.1, 0.15) is 10.5 Å². The highest BCUT2D eigenvalue weighted by Gasteiger charge is 2.09. The van der Waals surface area contributed by atoms with Crippen LogP contribution in [0.5, 0.6) is 0 Å². The molecule has 1 heterocycles. The molecule has 0 unspecified atom stereocenters. The molecule has 3 rings (SSSR count). The number of para-hydroxylation sites is 1. The Bertz CT molecular complexity index is 765. The molecule has 0 saturated heterocycles. The zero-order valence-electron chi connectivity index (χ0n) is 12.0. The molecular formula is C16H15N5O. The summed E-state index contributed by atoms with van der Waals surface area (Å²) in [5, 5.41) is 13.6. The molecule has 0 aliphatic carbocycles. The van der Waals surface area contributed by atoms with E-state index in [0.29, 0.717) is 5.69 Å². The van der Waals surface area contributed by atoms with Gasteiger partial charge in [0.2, 0.25) is 0 Å². The Labute approximate surface area is 127 Å². The van der Waals surface area contributed by atoms with Gasteiger partial charge in [0.05, 0.1) is 6.20 Å². The van der Waals surface area contributed by atoms with E-state index in [-0.39, 0.29) is 11.6 Å². The standard InChI is InChI=1S/C16H15N5O/c1-21-11-15(19-20-21)16(22)18-14-9-7-13(8-10-14)17-12-5-3-2-4-6-12/h2-11,17H,1H3,(H,18,22). The van der Waals surface area contributed by atoms with Gasteiger partial charge in [0.25, 0.3) is 5.91 Å². The summed E-state index contributed by atoms with van der Waals surface area (Å²) < 4.78 is 1.49. The van der Waals surface area contributed by atoms with E-state index in [0.717, 1.165) is 11.4 Å². The highest BCUT2D eigenvalue weighted by molar-refractivity contribution is 6.02. The summed E-state index contributed by atoms with van der Waals surface area (Å²) in [6.45, 7) is 0. The van der Waals surface area contributed by atoms with Crippen LogP contribution in [-0.2, 0) is 7.05 Å². The number of rotatable bonds is 4. The van der Waals surface area contributed by atoms with Gasteiger partial charge in [0, 0.05) is 24.1 Å². The van der Waals surface area contributed by atoms with Gasteiger partial charge in [-0.2, -0.15) is 0 Å². The number of hydrogen-bond acceptors (Lipinski definition) is 4. The molecule has 0 radical (unpaired) electrons. The van der Waals surface area contributed by atoms with Gasteiger partial charge in [0.15, 0.2) is 5.69 Å². The predicted molar refractivity (Wildman–Crippen MR) is 85.1 cm³/mol. The first kappa shape index (κ1) is 13.8. The van der Waals surface area contributed by atoms with Crippen LogP contribution in [0.2, 0.25) is 0 Å². The fraction of sp³-hybridized carbons (Fsp3) is 0.0625. The lowest BCUT2D eigenvalue weighted by Crippen LogP contribution is -2.12. The monoisotopic (exact) mass is 293 g/mol. The highest BCUT2D eigenvalue weighted by Crippen LogP contribution is 2.18. The third-order valence-electron chi connectivity index (χ3n) is 3.04. The quantitative estimate of drug-likeness (QED) is 0.776. The molecule has 1 aromatic heterocycles. The Morgan fingerprint density at radius 2 is 1.59 bits per heavy atom. The molecule has 0 fully saturated rings. The Morgan fingerprint density at radius 3 is 2.23 bits per heavy atom. The van der Waals surface area contributed by atoms with E-state index in [4.69, 9.17) is 0 Å². The minimum Gasteiger partial charge on any atom is -0.356 e. The number of carbonyl (C=O) groups excluding carboxylic acids is 1. The Hall–Kier alpha value is -3.15. The fourth-order valence-corrected chi connectivity index (χ4v) is 1.97. The molecule has 2 N–H and O–H groups in total. The van der Waals surface area contributed by atoms with Crippen molar-refractivity contribution in [3.63, 3.8) is 0 Å². The number of nitrogens with one attached hydrogen (secondary N) is 2. The van der Waals surface area contributed by atoms with Gasteiger partial charge >= 0.3 is 0 Å². The van der Waals surface area contributed by atoms with Crippen molar-refractivity contribution in [1.29, 1.82) is 0 Å². The molecule has 0 bridgehead atoms. The molecule has 0 saturated carbocycles. The Kier molecular flexibility index (Phi) is 3.82. The van der Waals surface area contributed by atoms with Crippen molar-refractivity contribution in [2.45, 2.75) is 0 Å². The Balaban J connectivity index is 1.65. The van der Waals surface area contributed by atoms with Crippen LogP contribution in [0.4, 0.5) is 17.1 Å². The molecule has 22 heavy (non-hydrogen) atoms. The fourth-order valence-electron chi connectivity index (χ4n) is 1.97. The van der Waals surface area contributed by atoms with Crippen molar-refractivity contribution in [1.82, 2.24) is 15.0 Å². The molecule has 0 atom stereocenters. The zero-order valence-corrected chi connectivity index (χ0v) is 12.0. The van der Waals surface area contributed by atoms with Gasteiger partial charge in [-0.15, -0.1) is 5.10 Å². The lowest BCUT2D eigenvalue weighted by atomic mass is 10.2. The maximum atomic E-state index is 12.0. The summed E-state index contributed by atoms with van der Waals surface area (Å²) in [5.41, 5.74) is 2.95. The first-order valence-corrected chi connectivity index (χ1v) is 6.80. The van der Waals surface area contributed by atoms with Crippen LogP contribution in [-0.4, -0.2) is 20.9 Å². The van der Waals surface area contributed by atoms with E-state index in [1.807, 2.05) is 54.6 Å². The van der Waals surface area contributed by atoms with Crippen LogP contribution in [0, 0.1) is 0 Å². The molecule has 3 aromatic rings. The normalized spacial score (nSPS) is 10.2. The topological polar surface area (TPSA) is 71.8 Å². The van der Waals surface area contributed by atoms with Gasteiger partial charge in [-0.3, -0.25) is 9.48 Å². The van der Waals surface area contributed by atoms with E-state index >= 15 is 0 Å². The minimum absolute atomic E-state index is 0.281. The third kappa shape index (κ3) is 3.29. The molecule has 6 heteroatoms. The van der Waals surface area contributed by atoms with Gasteiger partial charge in [-0.25, -0.2) is 0 Å². The lowest BCUT2D eigenvalue weighted by molar-refractivity contribution is 0.102. The number of carbonyl (C=O) groups is 1. The molecule has 0 spiro atoms. The first-order chi connectivity index (χ1) is 10.7. The number of amides is 1. The van der Waals surface area contributed by atoms with Crippen molar-refractivity contribution in [3.05, 3.63) is 66.5 Å². The van der Waals surface area contributed by atoms with E-state index in [1.54, 1.807) is 13.2 Å². The molecule has 2 aromatic carbocycles. The second-order valence-electron chi connectivity index (χ2n) is 4.80. The highest BCUT2D eigenvalue weighted by atomic mass is 16.2. The van der Waals surface area contributed by atoms with Crippen LogP contribution in [0.15, 0.2) is 60.8 Å². The van der Waals surface area contributed by atoms with Crippen molar-refractivity contribution in [2.24, 2.45) is 7.05 Å². The predicted octanol–water partition coefficient (Wildman–Crippen LogP) is 2.81. The number of benzene rings is 2. The van der Waals surface area contributed by atoms with Gasteiger partial charge in [0.1, 0.15) is 0 Å². The van der Waals surface area contributed by atoms with Gasteiger partial charge in [-0.05, 0) is 36.4 Å². The van der Waals surface area contributed by atoms with E-state index < -0.39 is 0 Å². The summed E-state index contributed by atoms with van der Waals surface area (Å²) in [5.74, 6) is -0.281. The van der Waals surface area contributed by atoms with E-state index in [9.17, 15) is 4.79 Å². The summed E-state index contributed by atoms with van der Waals surface area (Å²) >= 11 is 0. The zero-order chi connectivity index (χ0) is 15.4. The number of anilines is 3. The van der Waals surface area contributed by atoms with Crippen molar-refractivity contribution in [3.8, 4) is 0 Å². The number of aryl methyl sites for hydroxylation is 1. The maximum absolute atomic E-state index is 12.0. The van der Waals surface area contributed by atoms with Gasteiger partial charge < -0.3 is 10.6 Å². The Morgan fingerprint density at radius 1 is 0.955 bits per heavy atom.